The van der Waals surface area contributed by atoms with Crippen LogP contribution in [-0.4, -0.2) is 38.8 Å². The minimum absolute atomic E-state index is 0. The van der Waals surface area contributed by atoms with Gasteiger partial charge in [0.05, 0.1) is 23.5 Å². The van der Waals surface area contributed by atoms with E-state index in [4.69, 9.17) is 11.6 Å². The van der Waals surface area contributed by atoms with E-state index in [0.717, 1.165) is 28.1 Å². The van der Waals surface area contributed by atoms with Gasteiger partial charge < -0.3 is 14.8 Å². The standard InChI is InChI=1S/C26H22ClN5O3.2ClH/c27-23-8-4-7-22(25(23)32(34)35)26(33)31-12-11-30(16-21-14-28-17-29-21)24-10-9-19(13-20(24)15-31)18-5-2-1-3-6-18;;/h1-10,13-14,17H,11-12,15-16H2,(H,28,29);2*1H. The lowest BCUT2D eigenvalue weighted by molar-refractivity contribution is -0.385. The molecule has 3 aromatic carbocycles. The number of nitro benzene ring substituents is 1. The molecule has 0 radical (unpaired) electrons. The number of fused-ring (bicyclic) bond motifs is 1. The molecule has 1 amide bonds. The number of para-hydroxylation sites is 1. The SMILES string of the molecule is Cl.Cl.O=C(c1cccc(Cl)c1[N+](=O)[O-])N1CCN(Cc2cnc[nH]2)c2ccc(-c3ccccc3)cc2C1. The minimum atomic E-state index is -0.598. The smallest absolute Gasteiger partial charge is 0.300 e. The molecule has 5 rings (SSSR count). The highest BCUT2D eigenvalue weighted by atomic mass is 35.5. The number of nitrogens with zero attached hydrogens (tertiary/aromatic N) is 4. The van der Waals surface area contributed by atoms with Gasteiger partial charge in [-0.3, -0.25) is 14.9 Å². The molecule has 0 aliphatic carbocycles. The first-order valence-corrected chi connectivity index (χ1v) is 11.5. The zero-order valence-corrected chi connectivity index (χ0v) is 21.9. The van der Waals surface area contributed by atoms with Gasteiger partial charge in [0, 0.05) is 31.5 Å². The van der Waals surface area contributed by atoms with Gasteiger partial charge in [-0.15, -0.1) is 24.8 Å². The summed E-state index contributed by atoms with van der Waals surface area (Å²) in [6, 6.07) is 20.7. The number of nitro groups is 1. The number of anilines is 1. The average Bonchev–Trinajstić information content (AvgIpc) is 3.31. The van der Waals surface area contributed by atoms with Crippen molar-refractivity contribution < 1.29 is 9.72 Å². The molecule has 0 unspecified atom stereocenters. The molecule has 0 spiro atoms. The third-order valence-corrected chi connectivity index (χ3v) is 6.44. The summed E-state index contributed by atoms with van der Waals surface area (Å²) in [5.74, 6) is -0.418. The van der Waals surface area contributed by atoms with Crippen molar-refractivity contribution in [3.05, 3.63) is 111 Å². The van der Waals surface area contributed by atoms with Crippen LogP contribution in [0.3, 0.4) is 0 Å². The maximum atomic E-state index is 13.5. The number of amides is 1. The summed E-state index contributed by atoms with van der Waals surface area (Å²) >= 11 is 6.08. The summed E-state index contributed by atoms with van der Waals surface area (Å²) in [4.78, 5) is 35.7. The number of H-pyrrole nitrogens is 1. The van der Waals surface area contributed by atoms with Crippen LogP contribution in [0.2, 0.25) is 5.02 Å². The first kappa shape index (κ1) is 28.0. The first-order valence-electron chi connectivity index (χ1n) is 11.1. The quantitative estimate of drug-likeness (QED) is 0.233. The molecular weight excluding hydrogens is 537 g/mol. The van der Waals surface area contributed by atoms with Gasteiger partial charge in [0.2, 0.25) is 0 Å². The molecule has 0 fully saturated rings. The topological polar surface area (TPSA) is 95.4 Å². The summed E-state index contributed by atoms with van der Waals surface area (Å²) < 4.78 is 0. The summed E-state index contributed by atoms with van der Waals surface area (Å²) in [6.07, 6.45) is 3.42. The lowest BCUT2D eigenvalue weighted by Gasteiger charge is -2.24. The Hall–Kier alpha value is -3.59. The molecule has 1 aliphatic rings. The summed E-state index contributed by atoms with van der Waals surface area (Å²) in [6.45, 7) is 1.86. The number of halogens is 3. The highest BCUT2D eigenvalue weighted by Gasteiger charge is 2.30. The maximum absolute atomic E-state index is 13.5. The van der Waals surface area contributed by atoms with Gasteiger partial charge in [0.25, 0.3) is 5.91 Å². The number of carbonyl (C=O) groups is 1. The molecule has 192 valence electrons. The number of aromatic amines is 1. The molecule has 37 heavy (non-hydrogen) atoms. The fourth-order valence-corrected chi connectivity index (χ4v) is 4.68. The van der Waals surface area contributed by atoms with Gasteiger partial charge in [0.15, 0.2) is 0 Å². The fraction of sp³-hybridized carbons (Fsp3) is 0.154. The Kier molecular flexibility index (Phi) is 9.15. The van der Waals surface area contributed by atoms with E-state index in [-0.39, 0.29) is 41.1 Å². The van der Waals surface area contributed by atoms with Crippen molar-refractivity contribution in [3.63, 3.8) is 0 Å². The van der Waals surface area contributed by atoms with Gasteiger partial charge in [0.1, 0.15) is 10.6 Å². The fourth-order valence-electron chi connectivity index (χ4n) is 4.44. The van der Waals surface area contributed by atoms with E-state index >= 15 is 0 Å². The van der Waals surface area contributed by atoms with Gasteiger partial charge >= 0.3 is 5.69 Å². The van der Waals surface area contributed by atoms with Crippen molar-refractivity contribution >= 4 is 53.7 Å². The summed E-state index contributed by atoms with van der Waals surface area (Å²) in [5.41, 5.74) is 4.66. The minimum Gasteiger partial charge on any atom is -0.364 e. The number of rotatable bonds is 5. The molecule has 4 aromatic rings. The molecule has 0 saturated carbocycles. The van der Waals surface area contributed by atoms with Gasteiger partial charge in [-0.2, -0.15) is 0 Å². The van der Waals surface area contributed by atoms with Gasteiger partial charge in [-0.1, -0.05) is 54.1 Å². The van der Waals surface area contributed by atoms with Crippen molar-refractivity contribution in [1.82, 2.24) is 14.9 Å². The third-order valence-electron chi connectivity index (χ3n) is 6.13. The Morgan fingerprint density at radius 2 is 1.81 bits per heavy atom. The van der Waals surface area contributed by atoms with Crippen LogP contribution in [-0.2, 0) is 13.1 Å². The zero-order chi connectivity index (χ0) is 24.4. The molecule has 1 N–H and O–H groups in total. The average molecular weight is 561 g/mol. The predicted molar refractivity (Wildman–Crippen MR) is 149 cm³/mol. The Bertz CT molecular complexity index is 1380. The molecule has 2 heterocycles. The van der Waals surface area contributed by atoms with Crippen molar-refractivity contribution in [3.8, 4) is 11.1 Å². The number of benzene rings is 3. The summed E-state index contributed by atoms with van der Waals surface area (Å²) in [7, 11) is 0. The van der Waals surface area contributed by atoms with Crippen molar-refractivity contribution in [2.24, 2.45) is 0 Å². The Morgan fingerprint density at radius 3 is 2.51 bits per heavy atom. The number of aromatic nitrogens is 2. The van der Waals surface area contributed by atoms with Crippen LogP contribution in [0.1, 0.15) is 21.6 Å². The van der Waals surface area contributed by atoms with Crippen LogP contribution in [0, 0.1) is 10.1 Å². The second-order valence-corrected chi connectivity index (χ2v) is 8.73. The van der Waals surface area contributed by atoms with E-state index in [9.17, 15) is 14.9 Å². The molecule has 11 heteroatoms. The monoisotopic (exact) mass is 559 g/mol. The van der Waals surface area contributed by atoms with Crippen LogP contribution in [0.15, 0.2) is 79.3 Å². The van der Waals surface area contributed by atoms with Gasteiger partial charge in [-0.25, -0.2) is 4.98 Å². The maximum Gasteiger partial charge on any atom is 0.300 e. The van der Waals surface area contributed by atoms with E-state index in [2.05, 4.69) is 33.1 Å². The molecule has 0 bridgehead atoms. The first-order chi connectivity index (χ1) is 17.0. The number of hydrogen-bond donors (Lipinski definition) is 1. The molecule has 0 saturated heterocycles. The van der Waals surface area contributed by atoms with Gasteiger partial charge in [-0.05, 0) is 41.0 Å². The highest BCUT2D eigenvalue weighted by Crippen LogP contribution is 2.34. The second-order valence-electron chi connectivity index (χ2n) is 8.33. The molecule has 8 nitrogen and oxygen atoms in total. The Morgan fingerprint density at radius 1 is 1.03 bits per heavy atom. The van der Waals surface area contributed by atoms with E-state index in [1.165, 1.54) is 12.1 Å². The second kappa shape index (κ2) is 12.1. The largest absolute Gasteiger partial charge is 0.364 e. The number of nitrogens with one attached hydrogen (secondary N) is 1. The Balaban J connectivity index is 0.00000190. The van der Waals surface area contributed by atoms with Crippen molar-refractivity contribution in [2.45, 2.75) is 13.1 Å². The van der Waals surface area contributed by atoms with E-state index < -0.39 is 10.8 Å². The van der Waals surface area contributed by atoms with Crippen molar-refractivity contribution in [1.29, 1.82) is 0 Å². The zero-order valence-electron chi connectivity index (χ0n) is 19.5. The summed E-state index contributed by atoms with van der Waals surface area (Å²) in [5, 5.41) is 11.6. The van der Waals surface area contributed by atoms with Crippen LogP contribution >= 0.6 is 36.4 Å². The van der Waals surface area contributed by atoms with Crippen LogP contribution in [0.25, 0.3) is 11.1 Å². The lowest BCUT2D eigenvalue weighted by atomic mass is 10.0. The highest BCUT2D eigenvalue weighted by molar-refractivity contribution is 6.33. The van der Waals surface area contributed by atoms with E-state index in [1.54, 1.807) is 23.5 Å². The Labute approximate surface area is 231 Å². The molecule has 0 atom stereocenters. The molecule has 1 aromatic heterocycles. The lowest BCUT2D eigenvalue weighted by Crippen LogP contribution is -2.35. The van der Waals surface area contributed by atoms with Crippen LogP contribution in [0.5, 0.6) is 0 Å². The number of carbonyl (C=O) groups excluding carboxylic acids is 1. The van der Waals surface area contributed by atoms with E-state index in [0.29, 0.717) is 26.2 Å². The van der Waals surface area contributed by atoms with E-state index in [1.807, 2.05) is 30.3 Å². The number of hydrogen-bond acceptors (Lipinski definition) is 5. The van der Waals surface area contributed by atoms with Crippen molar-refractivity contribution in [2.75, 3.05) is 18.0 Å². The molecule has 1 aliphatic heterocycles. The van der Waals surface area contributed by atoms with Crippen LogP contribution in [0.4, 0.5) is 11.4 Å². The number of imidazole rings is 1. The molecular formula is C26H24Cl3N5O3. The van der Waals surface area contributed by atoms with Crippen LogP contribution < -0.4 is 4.90 Å². The predicted octanol–water partition coefficient (Wildman–Crippen LogP) is 6.14. The third kappa shape index (κ3) is 5.88. The normalized spacial score (nSPS) is 12.6.